The van der Waals surface area contributed by atoms with Crippen molar-refractivity contribution in [1.82, 2.24) is 10.6 Å². The molecule has 0 aliphatic carbocycles. The number of nitrogens with one attached hydrogen (secondary N) is 2. The molecule has 1 atom stereocenters. The molecule has 0 spiro atoms. The molecule has 0 fully saturated rings. The molecular weight excluding hydrogens is 408 g/mol. The minimum Gasteiger partial charge on any atom is -0.496 e. The normalized spacial score (nSPS) is 16.5. The first-order valence-electron chi connectivity index (χ1n) is 9.25. The highest BCUT2D eigenvalue weighted by Crippen LogP contribution is 2.34. The van der Waals surface area contributed by atoms with Gasteiger partial charge in [0.15, 0.2) is 9.84 Å². The number of sulfone groups is 1. The molecule has 9 heteroatoms. The van der Waals surface area contributed by atoms with E-state index < -0.39 is 33.6 Å². The van der Waals surface area contributed by atoms with Gasteiger partial charge in [-0.05, 0) is 25.1 Å². The molecule has 0 aromatic heterocycles. The number of carbonyl (C=O) groups excluding carboxylic acids is 2. The van der Waals surface area contributed by atoms with E-state index in [9.17, 15) is 18.0 Å². The van der Waals surface area contributed by atoms with Crippen LogP contribution in [0.4, 0.5) is 4.79 Å². The third-order valence-corrected chi connectivity index (χ3v) is 6.19. The third-order valence-electron chi connectivity index (χ3n) is 4.54. The van der Waals surface area contributed by atoms with Crippen molar-refractivity contribution in [3.8, 4) is 5.75 Å². The molecule has 0 radical (unpaired) electrons. The molecule has 8 nitrogen and oxygen atoms in total. The molecule has 3 rings (SSSR count). The van der Waals surface area contributed by atoms with Gasteiger partial charge >= 0.3 is 12.0 Å². The van der Waals surface area contributed by atoms with E-state index in [4.69, 9.17) is 9.47 Å². The molecule has 158 valence electrons. The monoisotopic (exact) mass is 430 g/mol. The van der Waals surface area contributed by atoms with Gasteiger partial charge in [0.25, 0.3) is 0 Å². The summed E-state index contributed by atoms with van der Waals surface area (Å²) in [6, 6.07) is 13.1. The van der Waals surface area contributed by atoms with E-state index in [2.05, 4.69) is 10.6 Å². The average molecular weight is 430 g/mol. The van der Waals surface area contributed by atoms with Crippen LogP contribution in [0.15, 0.2) is 70.8 Å². The Morgan fingerprint density at radius 3 is 2.40 bits per heavy atom. The van der Waals surface area contributed by atoms with Crippen LogP contribution in [-0.4, -0.2) is 39.9 Å². The quantitative estimate of drug-likeness (QED) is 0.653. The van der Waals surface area contributed by atoms with E-state index in [1.807, 2.05) is 0 Å². The number of methoxy groups -OCH3 is 1. The highest BCUT2D eigenvalue weighted by atomic mass is 32.2. The predicted octanol–water partition coefficient (Wildman–Crippen LogP) is 2.34. The molecule has 0 saturated heterocycles. The lowest BCUT2D eigenvalue weighted by Crippen LogP contribution is -2.47. The second kappa shape index (κ2) is 9.00. The number of benzene rings is 2. The molecule has 2 aromatic carbocycles. The van der Waals surface area contributed by atoms with Crippen molar-refractivity contribution in [1.29, 1.82) is 0 Å². The SMILES string of the molecule is CCOC(=O)C1=C(CS(=O)(=O)c2ccccc2)NC(=O)N[C@H]1c1ccccc1OC. The van der Waals surface area contributed by atoms with Crippen LogP contribution in [0.25, 0.3) is 0 Å². The summed E-state index contributed by atoms with van der Waals surface area (Å²) >= 11 is 0. The number of amides is 2. The molecule has 1 aliphatic rings. The second-order valence-electron chi connectivity index (χ2n) is 6.46. The fourth-order valence-corrected chi connectivity index (χ4v) is 4.57. The summed E-state index contributed by atoms with van der Waals surface area (Å²) in [5.74, 6) is -0.847. The Balaban J connectivity index is 2.14. The Morgan fingerprint density at radius 2 is 1.73 bits per heavy atom. The first kappa shape index (κ1) is 21.4. The van der Waals surface area contributed by atoms with Crippen molar-refractivity contribution >= 4 is 21.8 Å². The van der Waals surface area contributed by atoms with Gasteiger partial charge in [0.05, 0.1) is 36.0 Å². The fourth-order valence-electron chi connectivity index (χ4n) is 3.22. The van der Waals surface area contributed by atoms with Crippen molar-refractivity contribution in [2.75, 3.05) is 19.5 Å². The van der Waals surface area contributed by atoms with Crippen molar-refractivity contribution in [3.63, 3.8) is 0 Å². The van der Waals surface area contributed by atoms with Crippen LogP contribution >= 0.6 is 0 Å². The van der Waals surface area contributed by atoms with Gasteiger partial charge in [0, 0.05) is 11.3 Å². The summed E-state index contributed by atoms with van der Waals surface area (Å²) in [6.45, 7) is 1.74. The second-order valence-corrected chi connectivity index (χ2v) is 8.45. The zero-order valence-electron chi connectivity index (χ0n) is 16.5. The summed E-state index contributed by atoms with van der Waals surface area (Å²) in [4.78, 5) is 25.3. The Morgan fingerprint density at radius 1 is 1.07 bits per heavy atom. The van der Waals surface area contributed by atoms with Crippen LogP contribution in [-0.2, 0) is 19.4 Å². The molecule has 2 amide bonds. The number of para-hydroxylation sites is 1. The van der Waals surface area contributed by atoms with Crippen LogP contribution < -0.4 is 15.4 Å². The number of ether oxygens (including phenoxy) is 2. The fraction of sp³-hybridized carbons (Fsp3) is 0.238. The van der Waals surface area contributed by atoms with Gasteiger partial charge < -0.3 is 20.1 Å². The van der Waals surface area contributed by atoms with Crippen molar-refractivity contribution in [2.45, 2.75) is 17.9 Å². The maximum atomic E-state index is 12.9. The lowest BCUT2D eigenvalue weighted by atomic mass is 9.95. The molecule has 1 aliphatic heterocycles. The van der Waals surface area contributed by atoms with Gasteiger partial charge in [-0.15, -0.1) is 0 Å². The van der Waals surface area contributed by atoms with E-state index in [0.717, 1.165) is 0 Å². The topological polar surface area (TPSA) is 111 Å². The van der Waals surface area contributed by atoms with Crippen LogP contribution in [0.1, 0.15) is 18.5 Å². The zero-order chi connectivity index (χ0) is 21.7. The molecule has 1 heterocycles. The molecular formula is C21H22N2O6S. The Hall–Kier alpha value is -3.33. The highest BCUT2D eigenvalue weighted by Gasteiger charge is 2.36. The maximum absolute atomic E-state index is 12.9. The summed E-state index contributed by atoms with van der Waals surface area (Å²) in [7, 11) is -2.36. The van der Waals surface area contributed by atoms with Crippen molar-refractivity contribution in [2.24, 2.45) is 0 Å². The molecule has 0 saturated carbocycles. The lowest BCUT2D eigenvalue weighted by molar-refractivity contribution is -0.139. The minimum absolute atomic E-state index is 0.0143. The number of carbonyl (C=O) groups is 2. The van der Waals surface area contributed by atoms with Crippen LogP contribution in [0.5, 0.6) is 5.75 Å². The average Bonchev–Trinajstić information content (AvgIpc) is 2.73. The standard InChI is InChI=1S/C21H22N2O6S/c1-3-29-20(24)18-16(13-30(26,27)14-9-5-4-6-10-14)22-21(25)23-19(18)15-11-7-8-12-17(15)28-2/h4-12,19H,3,13H2,1-2H3,(H2,22,23,25)/t19-/m0/s1. The maximum Gasteiger partial charge on any atom is 0.338 e. The summed E-state index contributed by atoms with van der Waals surface area (Å²) in [5.41, 5.74) is 0.491. The van der Waals surface area contributed by atoms with E-state index in [0.29, 0.717) is 11.3 Å². The molecule has 2 aromatic rings. The molecule has 30 heavy (non-hydrogen) atoms. The Bertz CT molecular complexity index is 1080. The van der Waals surface area contributed by atoms with Gasteiger partial charge in [-0.1, -0.05) is 36.4 Å². The predicted molar refractivity (Wildman–Crippen MR) is 110 cm³/mol. The number of hydrogen-bond acceptors (Lipinski definition) is 6. The third kappa shape index (κ3) is 4.46. The van der Waals surface area contributed by atoms with Gasteiger partial charge in [-0.3, -0.25) is 0 Å². The van der Waals surface area contributed by atoms with Gasteiger partial charge in [0.1, 0.15) is 5.75 Å². The Kier molecular flexibility index (Phi) is 6.41. The molecule has 2 N–H and O–H groups in total. The largest absolute Gasteiger partial charge is 0.496 e. The summed E-state index contributed by atoms with van der Waals surface area (Å²) in [5, 5.41) is 5.15. The summed E-state index contributed by atoms with van der Waals surface area (Å²) in [6.07, 6.45) is 0. The van der Waals surface area contributed by atoms with Crippen molar-refractivity contribution < 1.29 is 27.5 Å². The highest BCUT2D eigenvalue weighted by molar-refractivity contribution is 7.91. The van der Waals surface area contributed by atoms with Gasteiger partial charge in [-0.2, -0.15) is 0 Å². The first-order valence-corrected chi connectivity index (χ1v) is 10.9. The van der Waals surface area contributed by atoms with Gasteiger partial charge in [0.2, 0.25) is 0 Å². The first-order chi connectivity index (χ1) is 14.4. The smallest absolute Gasteiger partial charge is 0.338 e. The number of hydrogen-bond donors (Lipinski definition) is 2. The lowest BCUT2D eigenvalue weighted by Gasteiger charge is -2.30. The van der Waals surface area contributed by atoms with E-state index >= 15 is 0 Å². The number of esters is 1. The number of rotatable bonds is 7. The summed E-state index contributed by atoms with van der Waals surface area (Å²) < 4.78 is 36.4. The van der Waals surface area contributed by atoms with E-state index in [1.165, 1.54) is 19.2 Å². The van der Waals surface area contributed by atoms with Crippen molar-refractivity contribution in [3.05, 3.63) is 71.4 Å². The van der Waals surface area contributed by atoms with Gasteiger partial charge in [-0.25, -0.2) is 18.0 Å². The van der Waals surface area contributed by atoms with Crippen LogP contribution in [0.3, 0.4) is 0 Å². The van der Waals surface area contributed by atoms with E-state index in [-0.39, 0.29) is 22.8 Å². The van der Waals surface area contributed by atoms with E-state index in [1.54, 1.807) is 49.4 Å². The zero-order valence-corrected chi connectivity index (χ0v) is 17.4. The molecule has 0 unspecified atom stereocenters. The number of urea groups is 1. The van der Waals surface area contributed by atoms with Crippen LogP contribution in [0.2, 0.25) is 0 Å². The molecule has 0 bridgehead atoms. The van der Waals surface area contributed by atoms with Crippen LogP contribution in [0, 0.1) is 0 Å². The Labute approximate surface area is 174 Å². The minimum atomic E-state index is -3.83.